The Bertz CT molecular complexity index is 588. The van der Waals surface area contributed by atoms with Crippen LogP contribution in [0.15, 0.2) is 29.4 Å². The van der Waals surface area contributed by atoms with Crippen LogP contribution in [0.5, 0.6) is 5.75 Å². The van der Waals surface area contributed by atoms with Gasteiger partial charge < -0.3 is 4.74 Å². The third-order valence-corrected chi connectivity index (χ3v) is 2.28. The summed E-state index contributed by atoms with van der Waals surface area (Å²) < 4.78 is 5.14. The quantitative estimate of drug-likeness (QED) is 0.617. The lowest BCUT2D eigenvalue weighted by atomic mass is 10.1. The van der Waals surface area contributed by atoms with Crippen LogP contribution in [-0.2, 0) is 0 Å². The maximum absolute atomic E-state index is 6.79. The minimum atomic E-state index is 0.636. The Morgan fingerprint density at radius 3 is 2.88 bits per heavy atom. The molecule has 0 spiro atoms. The first-order chi connectivity index (χ1) is 7.74. The van der Waals surface area contributed by atoms with Gasteiger partial charge in [0.15, 0.2) is 10.8 Å². The van der Waals surface area contributed by atoms with Crippen LogP contribution in [0.1, 0.15) is 5.69 Å². The highest BCUT2D eigenvalue weighted by molar-refractivity contribution is 5.90. The summed E-state index contributed by atoms with van der Waals surface area (Å²) in [6, 6.07) is 7.34. The zero-order valence-electron chi connectivity index (χ0n) is 9.06. The maximum atomic E-state index is 6.79. The van der Waals surface area contributed by atoms with Gasteiger partial charge in [-0.1, -0.05) is 0 Å². The smallest absolute Gasteiger partial charge is 0.220 e. The lowest BCUT2D eigenvalue weighted by Gasteiger charge is -2.03. The molecule has 0 aliphatic carbocycles. The monoisotopic (exact) mass is 215 g/mol. The number of aromatic nitrogens is 1. The van der Waals surface area contributed by atoms with Crippen molar-refractivity contribution < 1.29 is 4.74 Å². The SMILES string of the molecule is COc1ccc2nc(C)cc(N=[N+]=N)c2c1. The average molecular weight is 215 g/mol. The van der Waals surface area contributed by atoms with E-state index in [1.807, 2.05) is 25.1 Å². The number of nitrogens with one attached hydrogen (secondary N) is 1. The van der Waals surface area contributed by atoms with Gasteiger partial charge in [0.1, 0.15) is 11.3 Å². The fourth-order valence-corrected chi connectivity index (χ4v) is 1.58. The molecule has 1 N–H and O–H groups in total. The van der Waals surface area contributed by atoms with Crippen molar-refractivity contribution in [3.8, 4) is 5.75 Å². The zero-order valence-corrected chi connectivity index (χ0v) is 9.06. The maximum Gasteiger partial charge on any atom is 0.220 e. The summed E-state index contributed by atoms with van der Waals surface area (Å²) in [5.41, 5.74) is 9.10. The van der Waals surface area contributed by atoms with Crippen LogP contribution >= 0.6 is 0 Å². The molecule has 0 atom stereocenters. The Balaban J connectivity index is 2.80. The summed E-state index contributed by atoms with van der Waals surface area (Å²) in [5.74, 6) is 0.736. The molecule has 80 valence electrons. The van der Waals surface area contributed by atoms with Crippen molar-refractivity contribution in [1.82, 2.24) is 9.90 Å². The van der Waals surface area contributed by atoms with Crippen molar-refractivity contribution in [2.75, 3.05) is 7.11 Å². The van der Waals surface area contributed by atoms with E-state index in [0.29, 0.717) is 5.69 Å². The molecular formula is C11H11N4O+. The predicted molar refractivity (Wildman–Crippen MR) is 60.0 cm³/mol. The molecule has 0 radical (unpaired) electrons. The Kier molecular flexibility index (Phi) is 2.62. The van der Waals surface area contributed by atoms with Gasteiger partial charge in [0.05, 0.1) is 12.6 Å². The molecule has 0 saturated carbocycles. The third kappa shape index (κ3) is 1.76. The first-order valence-electron chi connectivity index (χ1n) is 4.77. The van der Waals surface area contributed by atoms with Crippen molar-refractivity contribution in [3.05, 3.63) is 30.0 Å². The highest BCUT2D eigenvalue weighted by atomic mass is 16.5. The van der Waals surface area contributed by atoms with Crippen LogP contribution in [-0.4, -0.2) is 12.1 Å². The second kappa shape index (κ2) is 4.08. The molecule has 1 aromatic heterocycles. The number of ether oxygens (including phenoxy) is 1. The minimum Gasteiger partial charge on any atom is -0.497 e. The van der Waals surface area contributed by atoms with E-state index in [1.54, 1.807) is 13.2 Å². The van der Waals surface area contributed by atoms with E-state index in [0.717, 1.165) is 22.3 Å². The predicted octanol–water partition coefficient (Wildman–Crippen LogP) is 2.73. The van der Waals surface area contributed by atoms with E-state index in [2.05, 4.69) is 15.0 Å². The highest BCUT2D eigenvalue weighted by Crippen LogP contribution is 2.28. The molecule has 0 aliphatic heterocycles. The standard InChI is InChI=1S/C11H11N4O/c1-7-5-11(14-15-12)9-6-8(16-2)3-4-10(9)13-7/h3-6,12H,1-2H3/q+1. The van der Waals surface area contributed by atoms with Crippen LogP contribution in [0, 0.1) is 12.5 Å². The summed E-state index contributed by atoms with van der Waals surface area (Å²) in [5, 5.41) is 4.60. The number of hydrogen-bond acceptors (Lipinski definition) is 4. The van der Waals surface area contributed by atoms with Gasteiger partial charge >= 0.3 is 0 Å². The van der Waals surface area contributed by atoms with E-state index < -0.39 is 0 Å². The molecule has 2 rings (SSSR count). The van der Waals surface area contributed by atoms with Crippen molar-refractivity contribution in [3.63, 3.8) is 0 Å². The van der Waals surface area contributed by atoms with E-state index in [-0.39, 0.29) is 0 Å². The molecule has 5 heteroatoms. The number of rotatable bonds is 2. The van der Waals surface area contributed by atoms with Gasteiger partial charge in [-0.05, 0) is 31.2 Å². The number of aryl methyl sites for hydroxylation is 1. The molecule has 5 nitrogen and oxygen atoms in total. The third-order valence-electron chi connectivity index (χ3n) is 2.28. The number of methoxy groups -OCH3 is 1. The summed E-state index contributed by atoms with van der Waals surface area (Å²) in [6.45, 7) is 1.88. The van der Waals surface area contributed by atoms with Crippen molar-refractivity contribution >= 4 is 16.6 Å². The summed E-state index contributed by atoms with van der Waals surface area (Å²) in [7, 11) is 1.61. The Morgan fingerprint density at radius 1 is 1.38 bits per heavy atom. The van der Waals surface area contributed by atoms with Crippen LogP contribution in [0.25, 0.3) is 10.9 Å². The molecule has 0 aliphatic rings. The molecule has 0 bridgehead atoms. The fourth-order valence-electron chi connectivity index (χ4n) is 1.58. The molecular weight excluding hydrogens is 204 g/mol. The average Bonchev–Trinajstić information content (AvgIpc) is 2.29. The number of pyridine rings is 1. The van der Waals surface area contributed by atoms with Gasteiger partial charge in [-0.15, -0.1) is 0 Å². The first kappa shape index (κ1) is 10.3. The van der Waals surface area contributed by atoms with Gasteiger partial charge in [-0.2, -0.15) is 0 Å². The van der Waals surface area contributed by atoms with Gasteiger partial charge in [0.25, 0.3) is 0 Å². The fraction of sp³-hybridized carbons (Fsp3) is 0.182. The van der Waals surface area contributed by atoms with Crippen LogP contribution in [0.3, 0.4) is 0 Å². The van der Waals surface area contributed by atoms with E-state index in [9.17, 15) is 0 Å². The number of fused-ring (bicyclic) bond motifs is 1. The molecule has 16 heavy (non-hydrogen) atoms. The second-order valence-corrected chi connectivity index (χ2v) is 3.37. The zero-order chi connectivity index (χ0) is 11.5. The molecule has 0 fully saturated rings. The highest BCUT2D eigenvalue weighted by Gasteiger charge is 2.08. The van der Waals surface area contributed by atoms with Gasteiger partial charge in [-0.3, -0.25) is 4.98 Å². The lowest BCUT2D eigenvalue weighted by molar-refractivity contribution is 0.415. The summed E-state index contributed by atoms with van der Waals surface area (Å²) in [6.07, 6.45) is 0. The first-order valence-corrected chi connectivity index (χ1v) is 4.77. The Morgan fingerprint density at radius 2 is 2.19 bits per heavy atom. The lowest BCUT2D eigenvalue weighted by Crippen LogP contribution is -1.87. The second-order valence-electron chi connectivity index (χ2n) is 3.37. The molecule has 0 saturated heterocycles. The Labute approximate surface area is 92.3 Å². The number of hydrogen-bond donors (Lipinski definition) is 1. The normalized spacial score (nSPS) is 9.88. The molecule has 1 aromatic carbocycles. The van der Waals surface area contributed by atoms with E-state index in [4.69, 9.17) is 10.3 Å². The molecule has 1 heterocycles. The van der Waals surface area contributed by atoms with Gasteiger partial charge in [0, 0.05) is 11.1 Å². The molecule has 0 unspecified atom stereocenters. The Hall–Kier alpha value is -2.26. The number of nitrogens with zero attached hydrogens (tertiary/aromatic N) is 3. The van der Waals surface area contributed by atoms with Crippen LogP contribution in [0.2, 0.25) is 0 Å². The summed E-state index contributed by atoms with van der Waals surface area (Å²) >= 11 is 0. The summed E-state index contributed by atoms with van der Waals surface area (Å²) in [4.78, 5) is 7.43. The van der Waals surface area contributed by atoms with Crippen molar-refractivity contribution in [2.24, 2.45) is 5.11 Å². The molecule has 2 aromatic rings. The van der Waals surface area contributed by atoms with Crippen molar-refractivity contribution in [2.45, 2.75) is 6.92 Å². The van der Waals surface area contributed by atoms with Crippen molar-refractivity contribution in [1.29, 1.82) is 5.53 Å². The topological polar surface area (TPSA) is 72.4 Å². The molecule has 0 amide bonds. The van der Waals surface area contributed by atoms with Crippen LogP contribution < -0.4 is 9.65 Å². The van der Waals surface area contributed by atoms with Crippen LogP contribution in [0.4, 0.5) is 5.69 Å². The number of benzene rings is 1. The minimum absolute atomic E-state index is 0.636. The van der Waals surface area contributed by atoms with Gasteiger partial charge in [0.2, 0.25) is 4.91 Å². The largest absolute Gasteiger partial charge is 0.497 e. The van der Waals surface area contributed by atoms with E-state index >= 15 is 0 Å². The van der Waals surface area contributed by atoms with Gasteiger partial charge in [-0.25, -0.2) is 0 Å². The van der Waals surface area contributed by atoms with E-state index in [1.165, 1.54) is 0 Å².